The lowest BCUT2D eigenvalue weighted by Crippen LogP contribution is -1.92. The molecule has 0 aliphatic rings. The van der Waals surface area contributed by atoms with Crippen molar-refractivity contribution in [1.29, 1.82) is 0 Å². The highest BCUT2D eigenvalue weighted by molar-refractivity contribution is 7.17. The Morgan fingerprint density at radius 1 is 0.636 bits per heavy atom. The van der Waals surface area contributed by atoms with Gasteiger partial charge in [-0.15, -0.1) is 11.3 Å². The molecule has 0 aliphatic heterocycles. The normalized spacial score (nSPS) is 11.6. The summed E-state index contributed by atoms with van der Waals surface area (Å²) in [5.74, 6) is 0. The number of rotatable bonds is 1. The molecule has 22 heavy (non-hydrogen) atoms. The molecule has 1 nitrogen and oxygen atoms in total. The van der Waals surface area contributed by atoms with Gasteiger partial charge in [-0.2, -0.15) is 0 Å². The van der Waals surface area contributed by atoms with E-state index in [1.165, 1.54) is 37.6 Å². The molecule has 0 spiro atoms. The molecule has 3 aromatic carbocycles. The molecule has 2 heteroatoms. The minimum Gasteiger partial charge on any atom is -0.309 e. The molecule has 0 saturated carbocycles. The molecule has 0 amide bonds. The molecule has 0 N–H and O–H groups in total. The maximum atomic E-state index is 2.36. The summed E-state index contributed by atoms with van der Waals surface area (Å²) in [5, 5.41) is 6.22. The summed E-state index contributed by atoms with van der Waals surface area (Å²) in [5.41, 5.74) is 3.75. The van der Waals surface area contributed by atoms with Gasteiger partial charge in [0.05, 0.1) is 11.0 Å². The molecule has 5 aromatic rings. The molecule has 104 valence electrons. The SMILES string of the molecule is c1ccc(-n2c3ccccc3c3c4ccsc4ccc32)cc1. The molecule has 0 radical (unpaired) electrons. The lowest BCUT2D eigenvalue weighted by atomic mass is 10.1. The van der Waals surface area contributed by atoms with E-state index in [2.05, 4.69) is 82.7 Å². The van der Waals surface area contributed by atoms with Gasteiger partial charge in [0.1, 0.15) is 0 Å². The van der Waals surface area contributed by atoms with Crippen LogP contribution in [-0.2, 0) is 0 Å². The Morgan fingerprint density at radius 2 is 1.45 bits per heavy atom. The van der Waals surface area contributed by atoms with E-state index in [9.17, 15) is 0 Å². The summed E-state index contributed by atoms with van der Waals surface area (Å²) < 4.78 is 3.71. The first-order chi connectivity index (χ1) is 10.9. The molecular weight excluding hydrogens is 286 g/mol. The van der Waals surface area contributed by atoms with Gasteiger partial charge in [0, 0.05) is 26.5 Å². The zero-order valence-electron chi connectivity index (χ0n) is 11.9. The van der Waals surface area contributed by atoms with Gasteiger partial charge in [0.25, 0.3) is 0 Å². The Bertz CT molecular complexity index is 1120. The van der Waals surface area contributed by atoms with Crippen LogP contribution in [0.1, 0.15) is 0 Å². The van der Waals surface area contributed by atoms with Crippen LogP contribution in [-0.4, -0.2) is 4.57 Å². The molecule has 0 unspecified atom stereocenters. The van der Waals surface area contributed by atoms with Crippen molar-refractivity contribution < 1.29 is 0 Å². The second-order valence-electron chi connectivity index (χ2n) is 5.48. The third-order valence-corrected chi connectivity index (χ3v) is 5.16. The average molecular weight is 299 g/mol. The van der Waals surface area contributed by atoms with Crippen LogP contribution in [0, 0.1) is 0 Å². The minimum absolute atomic E-state index is 1.21. The van der Waals surface area contributed by atoms with Gasteiger partial charge >= 0.3 is 0 Å². The Morgan fingerprint density at radius 3 is 2.36 bits per heavy atom. The van der Waals surface area contributed by atoms with Crippen LogP contribution < -0.4 is 0 Å². The summed E-state index contributed by atoms with van der Waals surface area (Å²) in [7, 11) is 0. The Labute approximate surface area is 132 Å². The van der Waals surface area contributed by atoms with Crippen molar-refractivity contribution in [1.82, 2.24) is 4.57 Å². The van der Waals surface area contributed by atoms with Crippen LogP contribution >= 0.6 is 11.3 Å². The molecular formula is C20H13NS. The fourth-order valence-corrected chi connectivity index (χ4v) is 4.16. The van der Waals surface area contributed by atoms with E-state index >= 15 is 0 Å². The highest BCUT2D eigenvalue weighted by Gasteiger charge is 2.14. The van der Waals surface area contributed by atoms with Crippen LogP contribution in [0.2, 0.25) is 0 Å². The van der Waals surface area contributed by atoms with E-state index in [4.69, 9.17) is 0 Å². The van der Waals surface area contributed by atoms with Crippen molar-refractivity contribution in [2.24, 2.45) is 0 Å². The van der Waals surface area contributed by atoms with Gasteiger partial charge in [0.15, 0.2) is 0 Å². The first-order valence-electron chi connectivity index (χ1n) is 7.38. The summed E-state index contributed by atoms with van der Waals surface area (Å²) in [6, 6.07) is 26.0. The molecule has 0 saturated heterocycles. The maximum absolute atomic E-state index is 2.36. The minimum atomic E-state index is 1.21. The molecule has 0 fully saturated rings. The molecule has 0 atom stereocenters. The van der Waals surface area contributed by atoms with Crippen LogP contribution in [0.3, 0.4) is 0 Å². The molecule has 2 heterocycles. The van der Waals surface area contributed by atoms with Gasteiger partial charge < -0.3 is 4.57 Å². The van der Waals surface area contributed by atoms with E-state index in [0.717, 1.165) is 0 Å². The Hall–Kier alpha value is -2.58. The number of hydrogen-bond acceptors (Lipinski definition) is 1. The highest BCUT2D eigenvalue weighted by atomic mass is 32.1. The number of para-hydroxylation sites is 2. The van der Waals surface area contributed by atoms with Crippen LogP contribution in [0.25, 0.3) is 37.6 Å². The van der Waals surface area contributed by atoms with Gasteiger partial charge in [-0.25, -0.2) is 0 Å². The van der Waals surface area contributed by atoms with Crippen molar-refractivity contribution in [2.75, 3.05) is 0 Å². The number of hydrogen-bond donors (Lipinski definition) is 0. The maximum Gasteiger partial charge on any atom is 0.0548 e. The van der Waals surface area contributed by atoms with Gasteiger partial charge in [0.2, 0.25) is 0 Å². The van der Waals surface area contributed by atoms with Crippen LogP contribution in [0.5, 0.6) is 0 Å². The van der Waals surface area contributed by atoms with Crippen molar-refractivity contribution in [3.8, 4) is 5.69 Å². The van der Waals surface area contributed by atoms with Crippen LogP contribution in [0.4, 0.5) is 0 Å². The van der Waals surface area contributed by atoms with Crippen molar-refractivity contribution in [2.45, 2.75) is 0 Å². The van der Waals surface area contributed by atoms with Gasteiger partial charge in [-0.1, -0.05) is 36.4 Å². The number of thiophene rings is 1. The second-order valence-corrected chi connectivity index (χ2v) is 6.43. The summed E-state index contributed by atoms with van der Waals surface area (Å²) in [6.07, 6.45) is 0. The molecule has 0 bridgehead atoms. The highest BCUT2D eigenvalue weighted by Crippen LogP contribution is 2.38. The summed E-state index contributed by atoms with van der Waals surface area (Å²) >= 11 is 1.81. The number of aromatic nitrogens is 1. The monoisotopic (exact) mass is 299 g/mol. The average Bonchev–Trinajstić information content (AvgIpc) is 3.17. The Balaban J connectivity index is 2.08. The topological polar surface area (TPSA) is 4.93 Å². The molecule has 2 aromatic heterocycles. The fourth-order valence-electron chi connectivity index (χ4n) is 3.37. The van der Waals surface area contributed by atoms with E-state index in [1.807, 2.05) is 0 Å². The van der Waals surface area contributed by atoms with Gasteiger partial charge in [-0.05, 0) is 41.8 Å². The van der Waals surface area contributed by atoms with Crippen LogP contribution in [0.15, 0.2) is 78.2 Å². The summed E-state index contributed by atoms with van der Waals surface area (Å²) in [6.45, 7) is 0. The molecule has 0 aliphatic carbocycles. The first-order valence-corrected chi connectivity index (χ1v) is 8.26. The van der Waals surface area contributed by atoms with Gasteiger partial charge in [-0.3, -0.25) is 0 Å². The lowest BCUT2D eigenvalue weighted by Gasteiger charge is -2.07. The predicted octanol–water partition coefficient (Wildman–Crippen LogP) is 6.00. The van der Waals surface area contributed by atoms with Crippen molar-refractivity contribution >= 4 is 43.2 Å². The second kappa shape index (κ2) is 4.46. The largest absolute Gasteiger partial charge is 0.309 e. The standard InChI is InChI=1S/C20H13NS/c1-2-6-14(7-3-1)21-17-9-5-4-8-15(17)20-16-12-13-22-19(16)11-10-18(20)21/h1-13H. The first kappa shape index (κ1) is 12.0. The zero-order chi connectivity index (χ0) is 14.5. The number of fused-ring (bicyclic) bond motifs is 5. The fraction of sp³-hybridized carbons (Fsp3) is 0. The van der Waals surface area contributed by atoms with E-state index in [0.29, 0.717) is 0 Å². The summed E-state index contributed by atoms with van der Waals surface area (Å²) in [4.78, 5) is 0. The number of benzene rings is 3. The smallest absolute Gasteiger partial charge is 0.0548 e. The third kappa shape index (κ3) is 1.53. The number of nitrogens with zero attached hydrogens (tertiary/aromatic N) is 1. The van der Waals surface area contributed by atoms with E-state index < -0.39 is 0 Å². The zero-order valence-corrected chi connectivity index (χ0v) is 12.7. The van der Waals surface area contributed by atoms with E-state index in [-0.39, 0.29) is 0 Å². The molecule has 5 rings (SSSR count). The Kier molecular flexibility index (Phi) is 2.43. The quantitative estimate of drug-likeness (QED) is 0.358. The van der Waals surface area contributed by atoms with Crippen molar-refractivity contribution in [3.63, 3.8) is 0 Å². The van der Waals surface area contributed by atoms with E-state index in [1.54, 1.807) is 11.3 Å². The predicted molar refractivity (Wildman–Crippen MR) is 96.2 cm³/mol. The lowest BCUT2D eigenvalue weighted by molar-refractivity contribution is 1.18. The van der Waals surface area contributed by atoms with Crippen molar-refractivity contribution in [3.05, 3.63) is 78.2 Å². The third-order valence-electron chi connectivity index (χ3n) is 4.28.